The van der Waals surface area contributed by atoms with E-state index in [0.29, 0.717) is 18.2 Å². The molecule has 1 saturated carbocycles. The zero-order chi connectivity index (χ0) is 18.0. The second-order valence-corrected chi connectivity index (χ2v) is 7.30. The summed E-state index contributed by atoms with van der Waals surface area (Å²) in [6.45, 7) is 8.84. The SMILES string of the molecule is CC(C)=CC1C(C(=O)OCC2CN=C(c3ncccn3)NO2)C1(C)C. The molecule has 2 heterocycles. The van der Waals surface area contributed by atoms with E-state index in [1.54, 1.807) is 18.5 Å². The largest absolute Gasteiger partial charge is 0.462 e. The number of hydroxylamine groups is 1. The summed E-state index contributed by atoms with van der Waals surface area (Å²) in [6, 6.07) is 1.73. The first-order chi connectivity index (χ1) is 11.9. The molecule has 0 saturated heterocycles. The van der Waals surface area contributed by atoms with Crippen molar-refractivity contribution in [1.29, 1.82) is 0 Å². The zero-order valence-electron chi connectivity index (χ0n) is 15.0. The van der Waals surface area contributed by atoms with Gasteiger partial charge in [-0.2, -0.15) is 0 Å². The molecule has 1 aliphatic carbocycles. The van der Waals surface area contributed by atoms with Crippen LogP contribution in [0, 0.1) is 17.3 Å². The molecule has 7 heteroatoms. The van der Waals surface area contributed by atoms with Crippen LogP contribution >= 0.6 is 0 Å². The average molecular weight is 344 g/mol. The number of amidine groups is 1. The van der Waals surface area contributed by atoms with E-state index in [2.05, 4.69) is 40.4 Å². The summed E-state index contributed by atoms with van der Waals surface area (Å²) in [5, 5.41) is 0. The summed E-state index contributed by atoms with van der Waals surface area (Å²) >= 11 is 0. The highest BCUT2D eigenvalue weighted by Crippen LogP contribution is 2.59. The van der Waals surface area contributed by atoms with Crippen molar-refractivity contribution in [2.24, 2.45) is 22.2 Å². The number of carbonyl (C=O) groups excluding carboxylic acids is 1. The number of aromatic nitrogens is 2. The van der Waals surface area contributed by atoms with E-state index in [9.17, 15) is 4.79 Å². The summed E-state index contributed by atoms with van der Waals surface area (Å²) in [5.41, 5.74) is 3.90. The minimum atomic E-state index is -0.319. The van der Waals surface area contributed by atoms with Gasteiger partial charge in [0.1, 0.15) is 12.7 Å². The Morgan fingerprint density at radius 1 is 1.40 bits per heavy atom. The molecule has 1 aliphatic heterocycles. The van der Waals surface area contributed by atoms with Gasteiger partial charge in [-0.25, -0.2) is 15.4 Å². The Bertz CT molecular complexity index is 696. The number of esters is 1. The molecule has 0 bridgehead atoms. The lowest BCUT2D eigenvalue weighted by atomic mass is 10.1. The maximum Gasteiger partial charge on any atom is 0.310 e. The first kappa shape index (κ1) is 17.5. The number of hydrogen-bond acceptors (Lipinski definition) is 7. The minimum Gasteiger partial charge on any atom is -0.462 e. The summed E-state index contributed by atoms with van der Waals surface area (Å²) in [4.78, 5) is 30.4. The van der Waals surface area contributed by atoms with Crippen LogP contribution in [-0.2, 0) is 14.4 Å². The number of ether oxygens (including phenoxy) is 1. The van der Waals surface area contributed by atoms with E-state index < -0.39 is 0 Å². The number of nitrogens with zero attached hydrogens (tertiary/aromatic N) is 3. The molecule has 1 fully saturated rings. The first-order valence-corrected chi connectivity index (χ1v) is 8.44. The van der Waals surface area contributed by atoms with E-state index in [0.717, 1.165) is 0 Å². The van der Waals surface area contributed by atoms with Crippen LogP contribution in [-0.4, -0.2) is 41.0 Å². The third kappa shape index (κ3) is 3.87. The first-order valence-electron chi connectivity index (χ1n) is 8.44. The van der Waals surface area contributed by atoms with Crippen molar-refractivity contribution < 1.29 is 14.4 Å². The van der Waals surface area contributed by atoms with Crippen LogP contribution in [0.1, 0.15) is 33.5 Å². The fraction of sp³-hybridized carbons (Fsp3) is 0.556. The van der Waals surface area contributed by atoms with Crippen molar-refractivity contribution in [2.45, 2.75) is 33.8 Å². The number of carbonyl (C=O) groups is 1. The highest BCUT2D eigenvalue weighted by Gasteiger charge is 2.61. The Morgan fingerprint density at radius 3 is 2.72 bits per heavy atom. The highest BCUT2D eigenvalue weighted by atomic mass is 16.7. The third-order valence-electron chi connectivity index (χ3n) is 4.64. The number of aliphatic imine (C=N–C) groups is 1. The molecule has 0 aromatic carbocycles. The van der Waals surface area contributed by atoms with Crippen molar-refractivity contribution in [1.82, 2.24) is 15.4 Å². The maximum absolute atomic E-state index is 12.4. The second-order valence-electron chi connectivity index (χ2n) is 7.30. The summed E-state index contributed by atoms with van der Waals surface area (Å²) < 4.78 is 5.46. The van der Waals surface area contributed by atoms with Gasteiger partial charge in [0, 0.05) is 12.4 Å². The minimum absolute atomic E-state index is 0.0456. The quantitative estimate of drug-likeness (QED) is 0.649. The number of hydrogen-bond donors (Lipinski definition) is 1. The van der Waals surface area contributed by atoms with Crippen LogP contribution < -0.4 is 5.48 Å². The Kier molecular flexibility index (Phi) is 4.85. The molecule has 1 aromatic rings. The van der Waals surface area contributed by atoms with Crippen molar-refractivity contribution in [3.05, 3.63) is 35.9 Å². The standard InChI is InChI=1S/C18H24N4O3/c1-11(2)8-13-14(18(13,3)4)17(23)24-10-12-9-21-16(22-25-12)15-19-6-5-7-20-15/h5-8,12-14H,9-10H2,1-4H3,(H,21,22). The number of rotatable bonds is 5. The van der Waals surface area contributed by atoms with E-state index in [1.807, 2.05) is 13.8 Å². The number of allylic oxidation sites excluding steroid dienone is 2. The molecule has 0 amide bonds. The lowest BCUT2D eigenvalue weighted by molar-refractivity contribution is -0.151. The van der Waals surface area contributed by atoms with Gasteiger partial charge in [-0.15, -0.1) is 0 Å². The van der Waals surface area contributed by atoms with Gasteiger partial charge in [-0.1, -0.05) is 25.5 Å². The molecule has 3 atom stereocenters. The van der Waals surface area contributed by atoms with Gasteiger partial charge in [0.05, 0.1) is 12.5 Å². The maximum atomic E-state index is 12.4. The third-order valence-corrected chi connectivity index (χ3v) is 4.64. The molecule has 1 aromatic heterocycles. The van der Waals surface area contributed by atoms with Gasteiger partial charge >= 0.3 is 5.97 Å². The molecule has 0 spiro atoms. The zero-order valence-corrected chi connectivity index (χ0v) is 15.0. The van der Waals surface area contributed by atoms with Gasteiger partial charge in [-0.3, -0.25) is 14.6 Å². The molecule has 3 unspecified atom stereocenters. The fourth-order valence-electron chi connectivity index (χ4n) is 3.09. The molecule has 3 rings (SSSR count). The molecule has 1 N–H and O–H groups in total. The summed E-state index contributed by atoms with van der Waals surface area (Å²) in [7, 11) is 0. The van der Waals surface area contributed by atoms with Gasteiger partial charge in [0.25, 0.3) is 0 Å². The van der Waals surface area contributed by atoms with E-state index in [1.165, 1.54) is 5.57 Å². The lowest BCUT2D eigenvalue weighted by Gasteiger charge is -2.22. The smallest absolute Gasteiger partial charge is 0.310 e. The van der Waals surface area contributed by atoms with Crippen LogP contribution in [0.3, 0.4) is 0 Å². The molecular formula is C18H24N4O3. The van der Waals surface area contributed by atoms with Crippen LogP contribution in [0.4, 0.5) is 0 Å². The molecule has 7 nitrogen and oxygen atoms in total. The number of nitrogens with one attached hydrogen (secondary N) is 1. The molecule has 134 valence electrons. The Labute approximate surface area is 147 Å². The van der Waals surface area contributed by atoms with Gasteiger partial charge < -0.3 is 4.74 Å². The monoisotopic (exact) mass is 344 g/mol. The van der Waals surface area contributed by atoms with Crippen LogP contribution in [0.5, 0.6) is 0 Å². The molecular weight excluding hydrogens is 320 g/mol. The van der Waals surface area contributed by atoms with Gasteiger partial charge in [0.15, 0.2) is 11.7 Å². The second kappa shape index (κ2) is 6.92. The summed E-state index contributed by atoms with van der Waals surface area (Å²) in [6.07, 6.45) is 5.11. The van der Waals surface area contributed by atoms with Crippen LogP contribution in [0.15, 0.2) is 35.1 Å². The topological polar surface area (TPSA) is 85.7 Å². The predicted octanol–water partition coefficient (Wildman–Crippen LogP) is 1.91. The Balaban J connectivity index is 1.50. The van der Waals surface area contributed by atoms with Crippen molar-refractivity contribution in [3.63, 3.8) is 0 Å². The average Bonchev–Trinajstić information content (AvgIpc) is 3.13. The van der Waals surface area contributed by atoms with Gasteiger partial charge in [0.2, 0.25) is 0 Å². The Morgan fingerprint density at radius 2 is 2.12 bits per heavy atom. The van der Waals surface area contributed by atoms with Crippen molar-refractivity contribution in [2.75, 3.05) is 13.2 Å². The predicted molar refractivity (Wildman–Crippen MR) is 92.6 cm³/mol. The molecule has 2 aliphatic rings. The fourth-order valence-corrected chi connectivity index (χ4v) is 3.09. The normalized spacial score (nSPS) is 26.9. The van der Waals surface area contributed by atoms with E-state index in [4.69, 9.17) is 9.57 Å². The lowest BCUT2D eigenvalue weighted by Crippen LogP contribution is -2.40. The Hall–Kier alpha value is -2.28. The van der Waals surface area contributed by atoms with Crippen LogP contribution in [0.25, 0.3) is 0 Å². The molecule has 0 radical (unpaired) electrons. The summed E-state index contributed by atoms with van der Waals surface area (Å²) in [5.74, 6) is 0.945. The van der Waals surface area contributed by atoms with Crippen LogP contribution in [0.2, 0.25) is 0 Å². The highest BCUT2D eigenvalue weighted by molar-refractivity contribution is 5.94. The van der Waals surface area contributed by atoms with E-state index in [-0.39, 0.29) is 35.9 Å². The van der Waals surface area contributed by atoms with Crippen molar-refractivity contribution >= 4 is 11.8 Å². The molecule has 25 heavy (non-hydrogen) atoms. The van der Waals surface area contributed by atoms with Crippen molar-refractivity contribution in [3.8, 4) is 0 Å². The van der Waals surface area contributed by atoms with E-state index >= 15 is 0 Å². The van der Waals surface area contributed by atoms with Gasteiger partial charge in [-0.05, 0) is 31.2 Å².